The minimum Gasteiger partial charge on any atom is -0.135 e. The van der Waals surface area contributed by atoms with Crippen LogP contribution in [0.3, 0.4) is 0 Å². The quantitative estimate of drug-likeness (QED) is 0.207. The summed E-state index contributed by atoms with van der Waals surface area (Å²) in [5, 5.41) is 8.06. The smallest absolute Gasteiger partial charge is 0.0440 e. The first kappa shape index (κ1) is 20.3. The van der Waals surface area contributed by atoms with E-state index >= 15 is 0 Å². The van der Waals surface area contributed by atoms with E-state index in [0.717, 1.165) is 0 Å². The standard InChI is InChI=1S/C35H24S/c1-35(2)30-13-7-5-11-24(30)25-16-15-22(20-31(25)35)29-19-21-9-3-4-10-23(21)33-27(29)17-18-28-26-12-6-8-14-32(26)36-34(28)33/h3-20H,1-2H3. The van der Waals surface area contributed by atoms with Gasteiger partial charge in [-0.15, -0.1) is 11.3 Å². The van der Waals surface area contributed by atoms with Gasteiger partial charge in [0.25, 0.3) is 0 Å². The lowest BCUT2D eigenvalue weighted by atomic mass is 9.81. The zero-order valence-electron chi connectivity index (χ0n) is 20.3. The minimum absolute atomic E-state index is 0.00662. The second kappa shape index (κ2) is 7.06. The zero-order chi connectivity index (χ0) is 24.0. The molecular formula is C35H24S. The monoisotopic (exact) mass is 476 g/mol. The Bertz CT molecular complexity index is 2020. The molecule has 0 atom stereocenters. The first-order chi connectivity index (χ1) is 17.6. The Morgan fingerprint density at radius 2 is 1.25 bits per heavy atom. The molecule has 1 heterocycles. The first-order valence-electron chi connectivity index (χ1n) is 12.6. The molecule has 0 N–H and O–H groups in total. The van der Waals surface area contributed by atoms with Crippen LogP contribution in [-0.2, 0) is 5.41 Å². The van der Waals surface area contributed by atoms with Crippen LogP contribution in [0, 0.1) is 0 Å². The van der Waals surface area contributed by atoms with Gasteiger partial charge in [-0.05, 0) is 67.7 Å². The van der Waals surface area contributed by atoms with Gasteiger partial charge in [0.1, 0.15) is 0 Å². The van der Waals surface area contributed by atoms with Gasteiger partial charge in [0, 0.05) is 31.0 Å². The number of benzene rings is 6. The summed E-state index contributed by atoms with van der Waals surface area (Å²) >= 11 is 1.92. The van der Waals surface area contributed by atoms with Crippen LogP contribution in [-0.4, -0.2) is 0 Å². The fraction of sp³-hybridized carbons (Fsp3) is 0.0857. The van der Waals surface area contributed by atoms with Crippen LogP contribution in [0.2, 0.25) is 0 Å². The van der Waals surface area contributed by atoms with Gasteiger partial charge >= 0.3 is 0 Å². The summed E-state index contributed by atoms with van der Waals surface area (Å²) < 4.78 is 2.74. The maximum atomic E-state index is 2.45. The Morgan fingerprint density at radius 1 is 0.528 bits per heavy atom. The van der Waals surface area contributed by atoms with Crippen molar-refractivity contribution < 1.29 is 0 Å². The highest BCUT2D eigenvalue weighted by atomic mass is 32.1. The molecule has 0 aliphatic heterocycles. The van der Waals surface area contributed by atoms with Crippen molar-refractivity contribution in [3.05, 3.63) is 120 Å². The van der Waals surface area contributed by atoms with Gasteiger partial charge in [-0.3, -0.25) is 0 Å². The van der Waals surface area contributed by atoms with Gasteiger partial charge in [0.2, 0.25) is 0 Å². The van der Waals surface area contributed by atoms with Crippen LogP contribution < -0.4 is 0 Å². The molecule has 1 aliphatic rings. The summed E-state index contributed by atoms with van der Waals surface area (Å²) in [6, 6.07) is 40.8. The van der Waals surface area contributed by atoms with Crippen LogP contribution in [0.5, 0.6) is 0 Å². The van der Waals surface area contributed by atoms with Crippen LogP contribution in [0.15, 0.2) is 109 Å². The van der Waals surface area contributed by atoms with Gasteiger partial charge in [-0.25, -0.2) is 0 Å². The Hall–Kier alpha value is -3.94. The van der Waals surface area contributed by atoms with Crippen molar-refractivity contribution in [3.8, 4) is 22.3 Å². The molecule has 0 unspecified atom stereocenters. The summed E-state index contributed by atoms with van der Waals surface area (Å²) in [7, 11) is 0. The highest BCUT2D eigenvalue weighted by molar-refractivity contribution is 7.26. The van der Waals surface area contributed by atoms with Crippen molar-refractivity contribution in [2.75, 3.05) is 0 Å². The molecule has 0 bridgehead atoms. The molecule has 8 rings (SSSR count). The van der Waals surface area contributed by atoms with Gasteiger partial charge in [0.15, 0.2) is 0 Å². The average molecular weight is 477 g/mol. The molecule has 170 valence electrons. The molecule has 6 aromatic carbocycles. The maximum absolute atomic E-state index is 2.45. The largest absolute Gasteiger partial charge is 0.135 e. The van der Waals surface area contributed by atoms with Gasteiger partial charge in [-0.1, -0.05) is 105 Å². The van der Waals surface area contributed by atoms with Crippen LogP contribution in [0.4, 0.5) is 0 Å². The summed E-state index contributed by atoms with van der Waals surface area (Å²) in [6.45, 7) is 4.72. The van der Waals surface area contributed by atoms with Gasteiger partial charge < -0.3 is 0 Å². The third-order valence-electron chi connectivity index (χ3n) is 8.26. The second-order valence-electron chi connectivity index (χ2n) is 10.5. The van der Waals surface area contributed by atoms with E-state index in [2.05, 4.69) is 123 Å². The van der Waals surface area contributed by atoms with Crippen LogP contribution >= 0.6 is 11.3 Å². The number of rotatable bonds is 1. The number of thiophene rings is 1. The predicted octanol–water partition coefficient (Wildman–Crippen LogP) is 10.3. The molecule has 7 aromatic rings. The predicted molar refractivity (Wildman–Crippen MR) is 157 cm³/mol. The third-order valence-corrected chi connectivity index (χ3v) is 9.47. The van der Waals surface area contributed by atoms with Crippen molar-refractivity contribution >= 4 is 53.1 Å². The first-order valence-corrected chi connectivity index (χ1v) is 13.4. The molecule has 1 aliphatic carbocycles. The van der Waals surface area contributed by atoms with Crippen molar-refractivity contribution in [2.24, 2.45) is 0 Å². The lowest BCUT2D eigenvalue weighted by Crippen LogP contribution is -2.14. The fourth-order valence-electron chi connectivity index (χ4n) is 6.48. The Balaban J connectivity index is 1.47. The second-order valence-corrected chi connectivity index (χ2v) is 11.6. The zero-order valence-corrected chi connectivity index (χ0v) is 21.1. The highest BCUT2D eigenvalue weighted by Crippen LogP contribution is 2.50. The van der Waals surface area contributed by atoms with E-state index in [1.165, 1.54) is 75.1 Å². The summed E-state index contributed by atoms with van der Waals surface area (Å²) in [4.78, 5) is 0. The molecule has 0 saturated carbocycles. The van der Waals surface area contributed by atoms with Gasteiger partial charge in [-0.2, -0.15) is 0 Å². The Morgan fingerprint density at radius 3 is 2.17 bits per heavy atom. The number of hydrogen-bond acceptors (Lipinski definition) is 1. The van der Waals surface area contributed by atoms with Crippen molar-refractivity contribution in [1.29, 1.82) is 0 Å². The van der Waals surface area contributed by atoms with Crippen LogP contribution in [0.1, 0.15) is 25.0 Å². The highest BCUT2D eigenvalue weighted by Gasteiger charge is 2.35. The van der Waals surface area contributed by atoms with Gasteiger partial charge in [0.05, 0.1) is 0 Å². The SMILES string of the molecule is CC1(C)c2ccccc2-c2ccc(-c3cc4ccccc4c4c3ccc3c5ccccc5sc34)cc21. The molecular weight excluding hydrogens is 452 g/mol. The lowest BCUT2D eigenvalue weighted by Gasteiger charge is -2.22. The Kier molecular flexibility index (Phi) is 3.97. The number of fused-ring (bicyclic) bond motifs is 10. The summed E-state index contributed by atoms with van der Waals surface area (Å²) in [6.07, 6.45) is 0. The van der Waals surface area contributed by atoms with Crippen molar-refractivity contribution in [2.45, 2.75) is 19.3 Å². The summed E-state index contributed by atoms with van der Waals surface area (Å²) in [5.74, 6) is 0. The molecule has 0 saturated heterocycles. The van der Waals surface area contributed by atoms with Crippen molar-refractivity contribution in [3.63, 3.8) is 0 Å². The third kappa shape index (κ3) is 2.59. The van der Waals surface area contributed by atoms with E-state index in [0.29, 0.717) is 0 Å². The minimum atomic E-state index is -0.00662. The molecule has 0 nitrogen and oxygen atoms in total. The molecule has 1 aromatic heterocycles. The summed E-state index contributed by atoms with van der Waals surface area (Å²) in [5.41, 5.74) is 8.20. The van der Waals surface area contributed by atoms with E-state index in [9.17, 15) is 0 Å². The normalized spacial score (nSPS) is 14.1. The molecule has 0 amide bonds. The fourth-order valence-corrected chi connectivity index (χ4v) is 7.74. The molecule has 0 radical (unpaired) electrons. The van der Waals surface area contributed by atoms with E-state index in [-0.39, 0.29) is 5.41 Å². The van der Waals surface area contributed by atoms with E-state index in [1.54, 1.807) is 0 Å². The van der Waals surface area contributed by atoms with E-state index in [4.69, 9.17) is 0 Å². The average Bonchev–Trinajstić information content (AvgIpc) is 3.41. The van der Waals surface area contributed by atoms with E-state index in [1.807, 2.05) is 11.3 Å². The van der Waals surface area contributed by atoms with Crippen LogP contribution in [0.25, 0.3) is 64.0 Å². The molecule has 1 heteroatoms. The molecule has 0 fully saturated rings. The Labute approximate surface area is 214 Å². The topological polar surface area (TPSA) is 0 Å². The van der Waals surface area contributed by atoms with Crippen molar-refractivity contribution in [1.82, 2.24) is 0 Å². The maximum Gasteiger partial charge on any atom is 0.0440 e. The van der Waals surface area contributed by atoms with E-state index < -0.39 is 0 Å². The molecule has 36 heavy (non-hydrogen) atoms. The lowest BCUT2D eigenvalue weighted by molar-refractivity contribution is 0.660. The number of hydrogen-bond donors (Lipinski definition) is 0. The molecule has 0 spiro atoms.